The molecule has 0 aliphatic rings. The quantitative estimate of drug-likeness (QED) is 0.222. The fourth-order valence-corrected chi connectivity index (χ4v) is 7.49. The highest BCUT2D eigenvalue weighted by Gasteiger charge is 2.45. The van der Waals surface area contributed by atoms with E-state index in [1.165, 1.54) is 15.9 Å². The Bertz CT molecular complexity index is 656. The van der Waals surface area contributed by atoms with E-state index in [2.05, 4.69) is 94.3 Å². The van der Waals surface area contributed by atoms with Crippen LogP contribution in [0.2, 0.25) is 0 Å². The number of nitrogens with zero attached hydrogens (tertiary/aromatic N) is 1. The molecule has 3 aromatic rings. The van der Waals surface area contributed by atoms with Crippen LogP contribution in [0.15, 0.2) is 85.2 Å². The van der Waals surface area contributed by atoms with E-state index in [0.717, 1.165) is 23.8 Å². The first-order chi connectivity index (χ1) is 12.4. The van der Waals surface area contributed by atoms with Crippen molar-refractivity contribution in [3.05, 3.63) is 85.2 Å². The van der Waals surface area contributed by atoms with E-state index in [0.29, 0.717) is 0 Å². The summed E-state index contributed by atoms with van der Waals surface area (Å²) < 4.78 is 6.92. The first kappa shape index (κ1) is 18.5. The summed E-state index contributed by atoms with van der Waals surface area (Å²) in [5.41, 5.74) is 0. The zero-order chi connectivity index (χ0) is 17.4. The third-order valence-corrected chi connectivity index (χ3v) is 9.07. The van der Waals surface area contributed by atoms with Gasteiger partial charge in [0.1, 0.15) is 23.2 Å². The molecule has 0 radical (unpaired) electrons. The lowest BCUT2D eigenvalue weighted by Gasteiger charge is -2.27. The Morgan fingerprint density at radius 1 is 0.760 bits per heavy atom. The third-order valence-electron chi connectivity index (χ3n) is 4.27. The van der Waals surface area contributed by atoms with Crippen LogP contribution in [0, 0.1) is 0 Å². The molecular weight excluding hydrogens is 436 g/mol. The van der Waals surface area contributed by atoms with Crippen LogP contribution in [0.5, 0.6) is 0 Å². The second kappa shape index (κ2) is 9.42. The van der Waals surface area contributed by atoms with E-state index in [4.69, 9.17) is 4.74 Å². The molecule has 25 heavy (non-hydrogen) atoms. The van der Waals surface area contributed by atoms with Gasteiger partial charge in [0.15, 0.2) is 0 Å². The van der Waals surface area contributed by atoms with Crippen molar-refractivity contribution in [2.24, 2.45) is 0 Å². The second-order valence-electron chi connectivity index (χ2n) is 5.72. The van der Waals surface area contributed by atoms with Gasteiger partial charge in [-0.1, -0.05) is 59.0 Å². The van der Waals surface area contributed by atoms with Gasteiger partial charge in [0.25, 0.3) is 0 Å². The highest BCUT2D eigenvalue weighted by Crippen LogP contribution is 2.54. The minimum atomic E-state index is -1.78. The van der Waals surface area contributed by atoms with Gasteiger partial charge in [0.05, 0.1) is 25.6 Å². The van der Waals surface area contributed by atoms with Crippen molar-refractivity contribution in [1.29, 1.82) is 0 Å². The van der Waals surface area contributed by atoms with E-state index in [9.17, 15) is 0 Å². The largest absolute Gasteiger partial charge is 0.377 e. The molecule has 2 nitrogen and oxygen atoms in total. The van der Waals surface area contributed by atoms with Crippen LogP contribution in [0.3, 0.4) is 0 Å². The summed E-state index contributed by atoms with van der Waals surface area (Å²) in [6.07, 6.45) is 4.87. The van der Waals surface area contributed by atoms with Crippen molar-refractivity contribution in [3.63, 3.8) is 0 Å². The summed E-state index contributed by atoms with van der Waals surface area (Å²) in [7, 11) is -1.78. The Morgan fingerprint density at radius 2 is 1.36 bits per heavy atom. The van der Waals surface area contributed by atoms with Gasteiger partial charge in [0, 0.05) is 10.6 Å². The SMILES string of the molecule is [123I]CCOCC[P+](c1ccccc1)(c1ccccc1)c1cccnc1. The van der Waals surface area contributed by atoms with Gasteiger partial charge < -0.3 is 4.74 Å². The Kier molecular flexibility index (Phi) is 6.97. The van der Waals surface area contributed by atoms with Crippen LogP contribution in [-0.2, 0) is 4.74 Å². The summed E-state index contributed by atoms with van der Waals surface area (Å²) in [4.78, 5) is 4.43. The van der Waals surface area contributed by atoms with Gasteiger partial charge >= 0.3 is 0 Å². The van der Waals surface area contributed by atoms with Crippen molar-refractivity contribution >= 4 is 45.8 Å². The van der Waals surface area contributed by atoms with Crippen molar-refractivity contribution in [3.8, 4) is 0 Å². The number of aromatic nitrogens is 1. The van der Waals surface area contributed by atoms with E-state index < -0.39 is 7.26 Å². The van der Waals surface area contributed by atoms with Gasteiger partial charge in [-0.15, -0.1) is 0 Å². The van der Waals surface area contributed by atoms with Crippen LogP contribution in [0.1, 0.15) is 0 Å². The monoisotopic (exact) mass is 458 g/mol. The highest BCUT2D eigenvalue weighted by atomic mass is 123. The molecule has 0 saturated heterocycles. The minimum Gasteiger partial charge on any atom is -0.377 e. The summed E-state index contributed by atoms with van der Waals surface area (Å²) in [5.74, 6) is 0. The molecule has 0 fully saturated rings. The van der Waals surface area contributed by atoms with Crippen molar-refractivity contribution in [2.45, 2.75) is 0 Å². The first-order valence-corrected chi connectivity index (χ1v) is 11.9. The Labute approximate surface area is 164 Å². The zero-order valence-corrected chi connectivity index (χ0v) is 17.1. The fraction of sp³-hybridized carbons (Fsp3) is 0.190. The second-order valence-corrected chi connectivity index (χ2v) is 10.4. The molecule has 4 heteroatoms. The first-order valence-electron chi connectivity index (χ1n) is 8.41. The topological polar surface area (TPSA) is 22.1 Å². The van der Waals surface area contributed by atoms with Gasteiger partial charge in [-0.05, 0) is 36.4 Å². The molecule has 0 saturated carbocycles. The van der Waals surface area contributed by atoms with E-state index in [-0.39, 0.29) is 0 Å². The van der Waals surface area contributed by atoms with E-state index in [1.807, 2.05) is 18.5 Å². The van der Waals surface area contributed by atoms with Gasteiger partial charge in [0.2, 0.25) is 0 Å². The maximum atomic E-state index is 5.90. The van der Waals surface area contributed by atoms with Crippen LogP contribution in [0.25, 0.3) is 0 Å². The smallest absolute Gasteiger partial charge is 0.123 e. The molecule has 1 aromatic heterocycles. The lowest BCUT2D eigenvalue weighted by atomic mass is 10.4. The standard InChI is InChI=1S/C21H22INOP/c22-13-15-24-16-17-25(19-8-3-1-4-9-19,20-10-5-2-6-11-20)21-12-7-14-23-18-21/h1-12,14,18H,13,15-17H2/q+1/i22-4. The molecule has 0 spiro atoms. The van der Waals surface area contributed by atoms with Crippen molar-refractivity contribution in [2.75, 3.05) is 23.8 Å². The summed E-state index contributed by atoms with van der Waals surface area (Å²) >= 11 is 2.36. The molecule has 0 atom stereocenters. The van der Waals surface area contributed by atoms with Crippen molar-refractivity contribution < 1.29 is 4.74 Å². The molecule has 0 N–H and O–H groups in total. The number of hydrogen-bond donors (Lipinski definition) is 0. The molecule has 3 rings (SSSR count). The summed E-state index contributed by atoms with van der Waals surface area (Å²) in [6, 6.07) is 26.0. The van der Waals surface area contributed by atoms with E-state index >= 15 is 0 Å². The Morgan fingerprint density at radius 3 is 1.88 bits per heavy atom. The van der Waals surface area contributed by atoms with E-state index in [1.54, 1.807) is 0 Å². The molecule has 0 bridgehead atoms. The van der Waals surface area contributed by atoms with Crippen LogP contribution >= 0.6 is 29.9 Å². The maximum Gasteiger partial charge on any atom is 0.123 e. The predicted molar refractivity (Wildman–Crippen MR) is 118 cm³/mol. The maximum absolute atomic E-state index is 5.90. The lowest BCUT2D eigenvalue weighted by molar-refractivity contribution is 0.168. The summed E-state index contributed by atoms with van der Waals surface area (Å²) in [5, 5.41) is 4.07. The zero-order valence-electron chi connectivity index (χ0n) is 14.1. The molecular formula is C21H22INOP+. The Balaban J connectivity index is 2.13. The predicted octanol–water partition coefficient (Wildman–Crippen LogP) is 3.83. The summed E-state index contributed by atoms with van der Waals surface area (Å²) in [6.45, 7) is 1.56. The molecule has 0 aliphatic carbocycles. The van der Waals surface area contributed by atoms with Crippen LogP contribution in [0.4, 0.5) is 0 Å². The van der Waals surface area contributed by atoms with Gasteiger partial charge in [-0.25, -0.2) is 0 Å². The normalized spacial score (nSPS) is 11.4. The number of ether oxygens (including phenoxy) is 1. The fourth-order valence-electron chi connectivity index (χ4n) is 3.14. The number of rotatable bonds is 8. The van der Waals surface area contributed by atoms with Crippen LogP contribution in [-0.4, -0.2) is 28.8 Å². The van der Waals surface area contributed by atoms with Crippen LogP contribution < -0.4 is 15.9 Å². The molecule has 0 unspecified atom stereocenters. The number of alkyl halides is 1. The van der Waals surface area contributed by atoms with Gasteiger partial charge in [-0.2, -0.15) is 0 Å². The number of benzene rings is 2. The molecule has 1 heterocycles. The molecule has 0 aliphatic heterocycles. The molecule has 0 amide bonds. The lowest BCUT2D eigenvalue weighted by Crippen LogP contribution is -2.35. The average Bonchev–Trinajstić information content (AvgIpc) is 2.70. The van der Waals surface area contributed by atoms with Gasteiger partial charge in [-0.3, -0.25) is 4.98 Å². The molecule has 2 aromatic carbocycles. The number of hydrogen-bond acceptors (Lipinski definition) is 2. The number of pyridine rings is 1. The molecule has 128 valence electrons. The minimum absolute atomic E-state index is 0.759. The van der Waals surface area contributed by atoms with Crippen molar-refractivity contribution in [1.82, 2.24) is 4.98 Å². The Hall–Kier alpha value is -1.29. The average molecular weight is 458 g/mol. The highest BCUT2D eigenvalue weighted by molar-refractivity contribution is 14.1. The number of halogens is 1. The third kappa shape index (κ3) is 4.28.